The minimum absolute atomic E-state index is 0.226. The Hall–Kier alpha value is -1.09. The van der Waals surface area contributed by atoms with Crippen LogP contribution in [-0.2, 0) is 12.8 Å². The van der Waals surface area contributed by atoms with Crippen molar-refractivity contribution in [3.8, 4) is 0 Å². The van der Waals surface area contributed by atoms with E-state index < -0.39 is 0 Å². The number of para-hydroxylation sites is 1. The maximum Gasteiger partial charge on any atom is 0.170 e. The minimum Gasteiger partial charge on any atom is -0.362 e. The smallest absolute Gasteiger partial charge is 0.170 e. The number of hydrogen-bond acceptors (Lipinski definition) is 1. The molecule has 0 heterocycles. The quantitative estimate of drug-likeness (QED) is 0.809. The Labute approximate surface area is 123 Å². The Morgan fingerprint density at radius 3 is 2.05 bits per heavy atom. The van der Waals surface area contributed by atoms with Crippen LogP contribution < -0.4 is 10.6 Å². The molecule has 0 aliphatic carbocycles. The first-order valence-electron chi connectivity index (χ1n) is 7.03. The summed E-state index contributed by atoms with van der Waals surface area (Å²) < 4.78 is 0. The van der Waals surface area contributed by atoms with E-state index in [0.29, 0.717) is 5.11 Å². The van der Waals surface area contributed by atoms with Crippen LogP contribution in [0, 0.1) is 5.41 Å². The van der Waals surface area contributed by atoms with Gasteiger partial charge in [0.1, 0.15) is 0 Å². The Morgan fingerprint density at radius 1 is 1.11 bits per heavy atom. The highest BCUT2D eigenvalue weighted by Gasteiger charge is 2.12. The summed E-state index contributed by atoms with van der Waals surface area (Å²) in [5, 5.41) is 7.38. The third-order valence-corrected chi connectivity index (χ3v) is 3.26. The third kappa shape index (κ3) is 5.19. The molecule has 0 fully saturated rings. The van der Waals surface area contributed by atoms with E-state index in [1.54, 1.807) is 0 Å². The molecule has 0 aliphatic heterocycles. The van der Waals surface area contributed by atoms with Gasteiger partial charge in [-0.05, 0) is 41.6 Å². The van der Waals surface area contributed by atoms with Crippen molar-refractivity contribution in [2.24, 2.45) is 5.41 Å². The predicted octanol–water partition coefficient (Wildman–Crippen LogP) is 4.14. The molecular weight excluding hydrogens is 252 g/mol. The van der Waals surface area contributed by atoms with Gasteiger partial charge in [-0.25, -0.2) is 0 Å². The molecule has 0 bridgehead atoms. The van der Waals surface area contributed by atoms with Gasteiger partial charge in [-0.1, -0.05) is 52.8 Å². The summed E-state index contributed by atoms with van der Waals surface area (Å²) in [6.45, 7) is 11.8. The Bertz CT molecular complexity index is 411. The average Bonchev–Trinajstić information content (AvgIpc) is 2.35. The van der Waals surface area contributed by atoms with Gasteiger partial charge in [0.15, 0.2) is 5.11 Å². The van der Waals surface area contributed by atoms with Gasteiger partial charge in [-0.2, -0.15) is 0 Å². The zero-order valence-corrected chi connectivity index (χ0v) is 13.6. The fourth-order valence-corrected chi connectivity index (χ4v) is 2.08. The minimum atomic E-state index is 0.226. The van der Waals surface area contributed by atoms with Crippen molar-refractivity contribution in [1.29, 1.82) is 0 Å². The zero-order chi connectivity index (χ0) is 14.5. The molecule has 19 heavy (non-hydrogen) atoms. The highest BCUT2D eigenvalue weighted by atomic mass is 32.1. The lowest BCUT2D eigenvalue weighted by Gasteiger charge is -2.22. The third-order valence-electron chi connectivity index (χ3n) is 3.02. The van der Waals surface area contributed by atoms with Gasteiger partial charge in [0.25, 0.3) is 0 Å². The van der Waals surface area contributed by atoms with Crippen molar-refractivity contribution < 1.29 is 0 Å². The molecule has 106 valence electrons. The lowest BCUT2D eigenvalue weighted by atomic mass is 9.97. The molecule has 1 rings (SSSR count). The second-order valence-corrected chi connectivity index (χ2v) is 6.43. The van der Waals surface area contributed by atoms with Crippen LogP contribution in [-0.4, -0.2) is 11.7 Å². The van der Waals surface area contributed by atoms with Gasteiger partial charge in [0, 0.05) is 12.2 Å². The number of hydrogen-bond donors (Lipinski definition) is 2. The molecular formula is C16H26N2S. The number of thiocarbonyl (C=S) groups is 1. The highest BCUT2D eigenvalue weighted by molar-refractivity contribution is 7.80. The van der Waals surface area contributed by atoms with Crippen LogP contribution >= 0.6 is 12.2 Å². The molecule has 3 heteroatoms. The molecule has 1 aromatic carbocycles. The number of aryl methyl sites for hydroxylation is 2. The molecule has 0 amide bonds. The fourth-order valence-electron chi connectivity index (χ4n) is 1.91. The zero-order valence-electron chi connectivity index (χ0n) is 12.8. The lowest BCUT2D eigenvalue weighted by molar-refractivity contribution is 0.409. The van der Waals surface area contributed by atoms with E-state index >= 15 is 0 Å². The highest BCUT2D eigenvalue weighted by Crippen LogP contribution is 2.22. The SMILES string of the molecule is CCc1cccc(CC)c1NC(=S)NCC(C)(C)C. The van der Waals surface area contributed by atoms with Crippen molar-refractivity contribution in [3.63, 3.8) is 0 Å². The predicted molar refractivity (Wildman–Crippen MR) is 88.9 cm³/mol. The Balaban J connectivity index is 2.78. The first kappa shape index (κ1) is 16.0. The topological polar surface area (TPSA) is 24.1 Å². The first-order valence-corrected chi connectivity index (χ1v) is 7.43. The largest absolute Gasteiger partial charge is 0.362 e. The van der Waals surface area contributed by atoms with Crippen LogP contribution in [0.25, 0.3) is 0 Å². The van der Waals surface area contributed by atoms with Crippen molar-refractivity contribution in [2.45, 2.75) is 47.5 Å². The molecule has 0 saturated heterocycles. The van der Waals surface area contributed by atoms with E-state index in [-0.39, 0.29) is 5.41 Å². The average molecular weight is 278 g/mol. The van der Waals surface area contributed by atoms with Crippen molar-refractivity contribution in [1.82, 2.24) is 5.32 Å². The van der Waals surface area contributed by atoms with Crippen molar-refractivity contribution >= 4 is 23.0 Å². The van der Waals surface area contributed by atoms with E-state index in [4.69, 9.17) is 12.2 Å². The van der Waals surface area contributed by atoms with Crippen LogP contribution in [0.4, 0.5) is 5.69 Å². The second-order valence-electron chi connectivity index (χ2n) is 6.03. The molecule has 0 saturated carbocycles. The van der Waals surface area contributed by atoms with Gasteiger partial charge >= 0.3 is 0 Å². The van der Waals surface area contributed by atoms with Gasteiger partial charge in [0.2, 0.25) is 0 Å². The van der Waals surface area contributed by atoms with Crippen LogP contribution in [0.15, 0.2) is 18.2 Å². The molecule has 0 atom stereocenters. The van der Waals surface area contributed by atoms with Gasteiger partial charge < -0.3 is 10.6 Å². The number of benzene rings is 1. The molecule has 0 aromatic heterocycles. The van der Waals surface area contributed by atoms with E-state index in [0.717, 1.165) is 19.4 Å². The van der Waals surface area contributed by atoms with Crippen LogP contribution in [0.3, 0.4) is 0 Å². The maximum atomic E-state index is 5.40. The van der Waals surface area contributed by atoms with Gasteiger partial charge in [-0.15, -0.1) is 0 Å². The van der Waals surface area contributed by atoms with Crippen molar-refractivity contribution in [2.75, 3.05) is 11.9 Å². The van der Waals surface area contributed by atoms with E-state index in [2.05, 4.69) is 63.5 Å². The molecule has 1 aromatic rings. The summed E-state index contributed by atoms with van der Waals surface area (Å²) in [5.74, 6) is 0. The van der Waals surface area contributed by atoms with Crippen LogP contribution in [0.2, 0.25) is 0 Å². The molecule has 2 nitrogen and oxygen atoms in total. The Kier molecular flexibility index (Phi) is 5.80. The summed E-state index contributed by atoms with van der Waals surface area (Å²) in [4.78, 5) is 0. The standard InChI is InChI=1S/C16H26N2S/c1-6-12-9-8-10-13(7-2)14(12)18-15(19)17-11-16(3,4)5/h8-10H,6-7,11H2,1-5H3,(H2,17,18,19). The molecule has 2 N–H and O–H groups in total. The summed E-state index contributed by atoms with van der Waals surface area (Å²) in [6, 6.07) is 6.44. The van der Waals surface area contributed by atoms with Gasteiger partial charge in [-0.3, -0.25) is 0 Å². The fraction of sp³-hybridized carbons (Fsp3) is 0.562. The number of nitrogens with one attached hydrogen (secondary N) is 2. The van der Waals surface area contributed by atoms with Gasteiger partial charge in [0.05, 0.1) is 0 Å². The van der Waals surface area contributed by atoms with Crippen LogP contribution in [0.5, 0.6) is 0 Å². The number of anilines is 1. The van der Waals surface area contributed by atoms with Crippen LogP contribution in [0.1, 0.15) is 45.7 Å². The summed E-state index contributed by atoms with van der Waals surface area (Å²) >= 11 is 5.40. The van der Waals surface area contributed by atoms with E-state index in [1.807, 2.05) is 0 Å². The van der Waals surface area contributed by atoms with E-state index in [1.165, 1.54) is 16.8 Å². The van der Waals surface area contributed by atoms with Crippen molar-refractivity contribution in [3.05, 3.63) is 29.3 Å². The first-order chi connectivity index (χ1) is 8.87. The summed E-state index contributed by atoms with van der Waals surface area (Å²) in [5.41, 5.74) is 4.04. The van der Waals surface area contributed by atoms with E-state index in [9.17, 15) is 0 Å². The molecule has 0 radical (unpaired) electrons. The Morgan fingerprint density at radius 2 is 1.63 bits per heavy atom. The lowest BCUT2D eigenvalue weighted by Crippen LogP contribution is -2.35. The molecule has 0 aliphatic rings. The molecule has 0 unspecified atom stereocenters. The summed E-state index contributed by atoms with van der Waals surface area (Å²) in [6.07, 6.45) is 2.02. The molecule has 0 spiro atoms. The normalized spacial score (nSPS) is 11.2. The maximum absolute atomic E-state index is 5.40. The summed E-state index contributed by atoms with van der Waals surface area (Å²) in [7, 11) is 0. The second kappa shape index (κ2) is 6.90. The monoisotopic (exact) mass is 278 g/mol. The number of rotatable bonds is 4.